The van der Waals surface area contributed by atoms with E-state index in [1.165, 1.54) is 6.20 Å². The van der Waals surface area contributed by atoms with Crippen molar-refractivity contribution in [3.63, 3.8) is 0 Å². The molecule has 1 aromatic carbocycles. The van der Waals surface area contributed by atoms with Crippen molar-refractivity contribution in [3.8, 4) is 5.75 Å². The minimum absolute atomic E-state index is 0.191. The Labute approximate surface area is 151 Å². The molecule has 0 radical (unpaired) electrons. The number of ether oxygens (including phenoxy) is 1. The van der Waals surface area contributed by atoms with Gasteiger partial charge in [-0.2, -0.15) is 0 Å². The molecule has 132 valence electrons. The second-order valence-electron chi connectivity index (χ2n) is 5.76. The Morgan fingerprint density at radius 3 is 2.56 bits per heavy atom. The van der Waals surface area contributed by atoms with E-state index < -0.39 is 5.91 Å². The third-order valence-corrected chi connectivity index (χ3v) is 4.31. The Morgan fingerprint density at radius 1 is 1.16 bits per heavy atom. The van der Waals surface area contributed by atoms with Gasteiger partial charge in [0.1, 0.15) is 23.9 Å². The Kier molecular flexibility index (Phi) is 5.67. The molecule has 1 aliphatic heterocycles. The number of hydrogen-bond donors (Lipinski definition) is 1. The van der Waals surface area contributed by atoms with Gasteiger partial charge in [-0.1, -0.05) is 11.6 Å². The van der Waals surface area contributed by atoms with Gasteiger partial charge in [0, 0.05) is 37.7 Å². The van der Waals surface area contributed by atoms with E-state index in [4.69, 9.17) is 22.1 Å². The van der Waals surface area contributed by atoms with Crippen LogP contribution in [-0.2, 0) is 0 Å². The molecule has 2 heterocycles. The molecule has 8 heteroatoms. The first kappa shape index (κ1) is 17.4. The molecule has 7 nitrogen and oxygen atoms in total. The number of nitrogens with two attached hydrogens (primary N) is 1. The zero-order valence-corrected chi connectivity index (χ0v) is 14.5. The highest BCUT2D eigenvalue weighted by atomic mass is 35.5. The van der Waals surface area contributed by atoms with E-state index in [9.17, 15) is 4.79 Å². The summed E-state index contributed by atoms with van der Waals surface area (Å²) in [6.07, 6.45) is 3.04. The first-order chi connectivity index (χ1) is 12.1. The van der Waals surface area contributed by atoms with Crippen LogP contribution in [0.2, 0.25) is 5.02 Å². The quantitative estimate of drug-likeness (QED) is 0.837. The monoisotopic (exact) mass is 361 g/mol. The van der Waals surface area contributed by atoms with Crippen molar-refractivity contribution in [2.45, 2.75) is 0 Å². The Morgan fingerprint density at radius 2 is 1.88 bits per heavy atom. The molecule has 1 fully saturated rings. The number of aromatic nitrogens is 2. The summed E-state index contributed by atoms with van der Waals surface area (Å²) in [5.41, 5.74) is 5.45. The molecule has 0 atom stereocenters. The highest BCUT2D eigenvalue weighted by Crippen LogP contribution is 2.16. The Hall–Kier alpha value is -2.38. The van der Waals surface area contributed by atoms with Crippen LogP contribution in [0.1, 0.15) is 10.5 Å². The molecule has 0 saturated carbocycles. The number of hydrogen-bond acceptors (Lipinski definition) is 6. The van der Waals surface area contributed by atoms with Crippen LogP contribution in [0.4, 0.5) is 5.82 Å². The number of amides is 1. The lowest BCUT2D eigenvalue weighted by Gasteiger charge is -2.35. The second kappa shape index (κ2) is 8.13. The van der Waals surface area contributed by atoms with Crippen LogP contribution in [-0.4, -0.2) is 60.1 Å². The van der Waals surface area contributed by atoms with Crippen LogP contribution >= 0.6 is 11.6 Å². The van der Waals surface area contributed by atoms with Crippen LogP contribution in [0.25, 0.3) is 0 Å². The molecule has 2 N–H and O–H groups in total. The third kappa shape index (κ3) is 4.80. The molecule has 3 rings (SSSR count). The maximum atomic E-state index is 11.2. The van der Waals surface area contributed by atoms with Crippen molar-refractivity contribution in [2.24, 2.45) is 5.73 Å². The van der Waals surface area contributed by atoms with Crippen molar-refractivity contribution >= 4 is 23.3 Å². The maximum absolute atomic E-state index is 11.2. The maximum Gasteiger partial charge on any atom is 0.268 e. The number of benzene rings is 1. The van der Waals surface area contributed by atoms with Gasteiger partial charge in [0.25, 0.3) is 5.91 Å². The van der Waals surface area contributed by atoms with Gasteiger partial charge in [0.2, 0.25) is 0 Å². The molecule has 0 bridgehead atoms. The average Bonchev–Trinajstić information content (AvgIpc) is 2.64. The summed E-state index contributed by atoms with van der Waals surface area (Å²) in [4.78, 5) is 24.0. The fourth-order valence-electron chi connectivity index (χ4n) is 2.65. The first-order valence-electron chi connectivity index (χ1n) is 8.09. The Bertz CT molecular complexity index is 717. The second-order valence-corrected chi connectivity index (χ2v) is 6.19. The van der Waals surface area contributed by atoms with Crippen LogP contribution < -0.4 is 15.4 Å². The van der Waals surface area contributed by atoms with E-state index in [1.54, 1.807) is 6.20 Å². The number of rotatable bonds is 6. The molecule has 25 heavy (non-hydrogen) atoms. The lowest BCUT2D eigenvalue weighted by Crippen LogP contribution is -2.47. The molecular formula is C17H20ClN5O2. The molecule has 0 unspecified atom stereocenters. The molecule has 0 aliphatic carbocycles. The number of piperazine rings is 1. The zero-order chi connectivity index (χ0) is 17.6. The number of nitrogens with zero attached hydrogens (tertiary/aromatic N) is 4. The minimum atomic E-state index is -0.563. The lowest BCUT2D eigenvalue weighted by atomic mass is 10.3. The van der Waals surface area contributed by atoms with E-state index in [-0.39, 0.29) is 5.69 Å². The van der Waals surface area contributed by atoms with Crippen molar-refractivity contribution in [3.05, 3.63) is 47.4 Å². The first-order valence-corrected chi connectivity index (χ1v) is 8.47. The van der Waals surface area contributed by atoms with Gasteiger partial charge in [0.15, 0.2) is 0 Å². The molecule has 1 aromatic heterocycles. The van der Waals surface area contributed by atoms with Gasteiger partial charge in [-0.05, 0) is 24.3 Å². The van der Waals surface area contributed by atoms with Gasteiger partial charge in [-0.25, -0.2) is 4.98 Å². The highest BCUT2D eigenvalue weighted by molar-refractivity contribution is 6.30. The summed E-state index contributed by atoms with van der Waals surface area (Å²) in [5.74, 6) is 0.947. The van der Waals surface area contributed by atoms with Gasteiger partial charge in [-0.3, -0.25) is 14.7 Å². The van der Waals surface area contributed by atoms with Crippen molar-refractivity contribution in [2.75, 3.05) is 44.2 Å². The van der Waals surface area contributed by atoms with Crippen LogP contribution in [0.15, 0.2) is 36.7 Å². The molecule has 2 aromatic rings. The smallest absolute Gasteiger partial charge is 0.268 e. The summed E-state index contributed by atoms with van der Waals surface area (Å²) in [6.45, 7) is 4.90. The predicted molar refractivity (Wildman–Crippen MR) is 96.1 cm³/mol. The number of halogens is 1. The molecule has 0 spiro atoms. The number of carbonyl (C=O) groups is 1. The predicted octanol–water partition coefficient (Wildman–Crippen LogP) is 1.43. The van der Waals surface area contributed by atoms with Crippen LogP contribution in [0.5, 0.6) is 5.75 Å². The van der Waals surface area contributed by atoms with E-state index >= 15 is 0 Å². The number of anilines is 1. The SMILES string of the molecule is NC(=O)c1cncc(N2CCN(CCOc3ccc(Cl)cc3)CC2)n1. The zero-order valence-electron chi connectivity index (χ0n) is 13.8. The fraction of sp³-hybridized carbons (Fsp3) is 0.353. The molecule has 1 amide bonds. The lowest BCUT2D eigenvalue weighted by molar-refractivity contribution is 0.0995. The Balaban J connectivity index is 1.45. The van der Waals surface area contributed by atoms with Crippen molar-refractivity contribution in [1.82, 2.24) is 14.9 Å². The largest absolute Gasteiger partial charge is 0.492 e. The summed E-state index contributed by atoms with van der Waals surface area (Å²) in [7, 11) is 0. The van der Waals surface area contributed by atoms with Crippen LogP contribution in [0, 0.1) is 0 Å². The summed E-state index contributed by atoms with van der Waals surface area (Å²) >= 11 is 5.86. The summed E-state index contributed by atoms with van der Waals surface area (Å²) in [6, 6.07) is 7.36. The van der Waals surface area contributed by atoms with E-state index in [2.05, 4.69) is 19.8 Å². The number of carbonyl (C=O) groups excluding carboxylic acids is 1. The van der Waals surface area contributed by atoms with E-state index in [0.29, 0.717) is 17.4 Å². The van der Waals surface area contributed by atoms with E-state index in [0.717, 1.165) is 38.5 Å². The minimum Gasteiger partial charge on any atom is -0.492 e. The normalized spacial score (nSPS) is 15.2. The summed E-state index contributed by atoms with van der Waals surface area (Å²) in [5, 5.41) is 0.701. The fourth-order valence-corrected chi connectivity index (χ4v) is 2.78. The van der Waals surface area contributed by atoms with Gasteiger partial charge >= 0.3 is 0 Å². The topological polar surface area (TPSA) is 84.6 Å². The van der Waals surface area contributed by atoms with Gasteiger partial charge < -0.3 is 15.4 Å². The highest BCUT2D eigenvalue weighted by Gasteiger charge is 2.19. The van der Waals surface area contributed by atoms with Gasteiger partial charge in [-0.15, -0.1) is 0 Å². The van der Waals surface area contributed by atoms with Crippen molar-refractivity contribution in [1.29, 1.82) is 0 Å². The number of primary amides is 1. The van der Waals surface area contributed by atoms with Crippen molar-refractivity contribution < 1.29 is 9.53 Å². The molecular weight excluding hydrogens is 342 g/mol. The molecule has 1 aliphatic rings. The van der Waals surface area contributed by atoms with Crippen LogP contribution in [0.3, 0.4) is 0 Å². The van der Waals surface area contributed by atoms with Gasteiger partial charge in [0.05, 0.1) is 12.4 Å². The summed E-state index contributed by atoms with van der Waals surface area (Å²) < 4.78 is 5.73. The average molecular weight is 362 g/mol. The third-order valence-electron chi connectivity index (χ3n) is 4.06. The molecule has 1 saturated heterocycles. The van der Waals surface area contributed by atoms with E-state index in [1.807, 2.05) is 24.3 Å². The standard InChI is InChI=1S/C17H20ClN5O2/c18-13-1-3-14(4-2-13)25-10-9-22-5-7-23(8-6-22)16-12-20-11-15(21-16)17(19)24/h1-4,11-12H,5-10H2,(H2,19,24).